The van der Waals surface area contributed by atoms with E-state index in [0.29, 0.717) is 5.56 Å². The van der Waals surface area contributed by atoms with Crippen molar-refractivity contribution in [3.8, 4) is 0 Å². The van der Waals surface area contributed by atoms with Gasteiger partial charge in [0.2, 0.25) is 5.91 Å². The molecule has 0 fully saturated rings. The highest BCUT2D eigenvalue weighted by Gasteiger charge is 2.16. The molecule has 0 atom stereocenters. The molecule has 3 heteroatoms. The maximum absolute atomic E-state index is 11.3. The number of amides is 1. The number of nitrogens with two attached hydrogens (primary N) is 1. The maximum Gasteiger partial charge on any atom is 0.221 e. The highest BCUT2D eigenvalue weighted by molar-refractivity contribution is 6.14. The molecule has 2 N–H and O–H groups in total. The van der Waals surface area contributed by atoms with Crippen LogP contribution in [0.15, 0.2) is 24.3 Å². The first-order valence-electron chi connectivity index (χ1n) is 4.31. The zero-order valence-electron chi connectivity index (χ0n) is 7.49. The Morgan fingerprint density at radius 1 is 1.29 bits per heavy atom. The largest absolute Gasteiger partial charge is 0.369 e. The lowest BCUT2D eigenvalue weighted by molar-refractivity contribution is -0.117. The molecule has 1 amide bonds. The monoisotopic (exact) mass is 187 g/mol. The summed E-state index contributed by atoms with van der Waals surface area (Å²) < 4.78 is 0. The minimum atomic E-state index is -0.383. The van der Waals surface area contributed by atoms with Crippen molar-refractivity contribution in [3.63, 3.8) is 0 Å². The molecule has 0 aromatic heterocycles. The standard InChI is InChI=1S/C11H9NO2/c12-11(14)6-7-2-1-3-9-8(7)4-5-10(9)13/h1-5H,6H2,(H2,12,14). The second kappa shape index (κ2) is 3.10. The minimum Gasteiger partial charge on any atom is -0.369 e. The topological polar surface area (TPSA) is 60.2 Å². The Balaban J connectivity index is 2.48. The predicted molar refractivity (Wildman–Crippen MR) is 52.7 cm³/mol. The van der Waals surface area contributed by atoms with Crippen LogP contribution in [-0.2, 0) is 11.2 Å². The van der Waals surface area contributed by atoms with E-state index >= 15 is 0 Å². The fourth-order valence-corrected chi connectivity index (χ4v) is 1.62. The molecule has 3 nitrogen and oxygen atoms in total. The molecular formula is C11H9NO2. The first-order chi connectivity index (χ1) is 6.68. The van der Waals surface area contributed by atoms with E-state index in [0.717, 1.165) is 11.1 Å². The first kappa shape index (κ1) is 8.69. The quantitative estimate of drug-likeness (QED) is 0.748. The molecule has 1 aliphatic carbocycles. The van der Waals surface area contributed by atoms with Gasteiger partial charge in [-0.3, -0.25) is 9.59 Å². The van der Waals surface area contributed by atoms with Crippen molar-refractivity contribution in [2.24, 2.45) is 5.73 Å². The van der Waals surface area contributed by atoms with Gasteiger partial charge in [-0.25, -0.2) is 0 Å². The fraction of sp³-hybridized carbons (Fsp3) is 0.0909. The van der Waals surface area contributed by atoms with Crippen molar-refractivity contribution in [3.05, 3.63) is 41.0 Å². The maximum atomic E-state index is 11.3. The number of benzene rings is 1. The molecule has 14 heavy (non-hydrogen) atoms. The van der Waals surface area contributed by atoms with Crippen molar-refractivity contribution >= 4 is 17.8 Å². The molecule has 0 unspecified atom stereocenters. The van der Waals surface area contributed by atoms with Gasteiger partial charge in [0.05, 0.1) is 6.42 Å². The van der Waals surface area contributed by atoms with Gasteiger partial charge in [0.1, 0.15) is 0 Å². The Bertz CT molecular complexity index is 447. The number of rotatable bonds is 2. The van der Waals surface area contributed by atoms with Gasteiger partial charge < -0.3 is 5.73 Å². The van der Waals surface area contributed by atoms with E-state index in [4.69, 9.17) is 5.73 Å². The van der Waals surface area contributed by atoms with E-state index in [1.807, 2.05) is 6.07 Å². The van der Waals surface area contributed by atoms with Crippen molar-refractivity contribution in [1.82, 2.24) is 0 Å². The Morgan fingerprint density at radius 3 is 2.79 bits per heavy atom. The summed E-state index contributed by atoms with van der Waals surface area (Å²) in [4.78, 5) is 22.1. The molecule has 1 aromatic carbocycles. The van der Waals surface area contributed by atoms with Crippen molar-refractivity contribution in [1.29, 1.82) is 0 Å². The molecule has 0 saturated heterocycles. The van der Waals surface area contributed by atoms with Gasteiger partial charge in [0.25, 0.3) is 0 Å². The number of primary amides is 1. The number of ketones is 1. The normalized spacial score (nSPS) is 13.0. The molecule has 2 rings (SSSR count). The molecule has 1 aliphatic rings. The second-order valence-electron chi connectivity index (χ2n) is 3.22. The van der Waals surface area contributed by atoms with Crippen LogP contribution in [0.25, 0.3) is 6.08 Å². The Morgan fingerprint density at radius 2 is 2.07 bits per heavy atom. The summed E-state index contributed by atoms with van der Waals surface area (Å²) in [7, 11) is 0. The molecule has 0 spiro atoms. The SMILES string of the molecule is NC(=O)Cc1cccc2c1C=CC2=O. The average Bonchev–Trinajstić information content (AvgIpc) is 2.49. The second-order valence-corrected chi connectivity index (χ2v) is 3.22. The molecule has 0 radical (unpaired) electrons. The van der Waals surface area contributed by atoms with Crippen LogP contribution in [0.2, 0.25) is 0 Å². The Labute approximate surface area is 81.2 Å². The lowest BCUT2D eigenvalue weighted by atomic mass is 10.0. The van der Waals surface area contributed by atoms with E-state index < -0.39 is 0 Å². The van der Waals surface area contributed by atoms with Crippen molar-refractivity contribution < 1.29 is 9.59 Å². The van der Waals surface area contributed by atoms with Crippen LogP contribution in [0.5, 0.6) is 0 Å². The highest BCUT2D eigenvalue weighted by Crippen LogP contribution is 2.23. The van der Waals surface area contributed by atoms with Gasteiger partial charge >= 0.3 is 0 Å². The number of allylic oxidation sites excluding steroid dienone is 1. The Hall–Kier alpha value is -1.90. The van der Waals surface area contributed by atoms with E-state index in [9.17, 15) is 9.59 Å². The van der Waals surface area contributed by atoms with Crippen molar-refractivity contribution in [2.45, 2.75) is 6.42 Å². The smallest absolute Gasteiger partial charge is 0.221 e. The van der Waals surface area contributed by atoms with Crippen LogP contribution < -0.4 is 5.73 Å². The summed E-state index contributed by atoms with van der Waals surface area (Å²) in [6, 6.07) is 5.33. The van der Waals surface area contributed by atoms with Crippen LogP contribution in [0.4, 0.5) is 0 Å². The van der Waals surface area contributed by atoms with E-state index in [1.54, 1.807) is 18.2 Å². The van der Waals surface area contributed by atoms with Crippen LogP contribution in [0.3, 0.4) is 0 Å². The third-order valence-corrected chi connectivity index (χ3v) is 2.23. The van der Waals surface area contributed by atoms with Gasteiger partial charge in [0.15, 0.2) is 5.78 Å². The number of hydrogen-bond donors (Lipinski definition) is 1. The molecule has 0 bridgehead atoms. The Kier molecular flexibility index (Phi) is 1.93. The number of carbonyl (C=O) groups excluding carboxylic acids is 2. The summed E-state index contributed by atoms with van der Waals surface area (Å²) in [5.41, 5.74) is 7.41. The van der Waals surface area contributed by atoms with Gasteiger partial charge in [0, 0.05) is 5.56 Å². The van der Waals surface area contributed by atoms with Crippen molar-refractivity contribution in [2.75, 3.05) is 0 Å². The summed E-state index contributed by atoms with van der Waals surface area (Å²) in [6.07, 6.45) is 3.42. The zero-order chi connectivity index (χ0) is 10.1. The third kappa shape index (κ3) is 1.33. The number of fused-ring (bicyclic) bond motifs is 1. The average molecular weight is 187 g/mol. The number of carbonyl (C=O) groups is 2. The lowest BCUT2D eigenvalue weighted by Gasteiger charge is -2.03. The molecule has 0 aliphatic heterocycles. The van der Waals surface area contributed by atoms with Crippen LogP contribution in [-0.4, -0.2) is 11.7 Å². The van der Waals surface area contributed by atoms with E-state index in [1.165, 1.54) is 6.08 Å². The van der Waals surface area contributed by atoms with E-state index in [2.05, 4.69) is 0 Å². The molecule has 0 saturated carbocycles. The molecular weight excluding hydrogens is 178 g/mol. The zero-order valence-corrected chi connectivity index (χ0v) is 7.49. The third-order valence-electron chi connectivity index (χ3n) is 2.23. The highest BCUT2D eigenvalue weighted by atomic mass is 16.1. The van der Waals surface area contributed by atoms with Gasteiger partial charge in [-0.1, -0.05) is 24.3 Å². The first-order valence-corrected chi connectivity index (χ1v) is 4.31. The van der Waals surface area contributed by atoms with E-state index in [-0.39, 0.29) is 18.1 Å². The molecule has 0 heterocycles. The fourth-order valence-electron chi connectivity index (χ4n) is 1.62. The van der Waals surface area contributed by atoms with Gasteiger partial charge in [-0.05, 0) is 17.2 Å². The molecule has 1 aromatic rings. The summed E-state index contributed by atoms with van der Waals surface area (Å²) in [6.45, 7) is 0. The summed E-state index contributed by atoms with van der Waals surface area (Å²) in [5.74, 6) is -0.391. The van der Waals surface area contributed by atoms with Crippen LogP contribution >= 0.6 is 0 Å². The van der Waals surface area contributed by atoms with Crippen LogP contribution in [0, 0.1) is 0 Å². The van der Waals surface area contributed by atoms with Gasteiger partial charge in [-0.2, -0.15) is 0 Å². The summed E-state index contributed by atoms with van der Waals surface area (Å²) in [5, 5.41) is 0. The molecule has 70 valence electrons. The van der Waals surface area contributed by atoms with Crippen LogP contribution in [0.1, 0.15) is 21.5 Å². The minimum absolute atomic E-state index is 0.00804. The van der Waals surface area contributed by atoms with Gasteiger partial charge in [-0.15, -0.1) is 0 Å². The number of hydrogen-bond acceptors (Lipinski definition) is 2. The lowest BCUT2D eigenvalue weighted by Crippen LogP contribution is -2.14. The predicted octanol–water partition coefficient (Wildman–Crippen LogP) is 0.924. The summed E-state index contributed by atoms with van der Waals surface area (Å²) >= 11 is 0.